The Kier molecular flexibility index (Phi) is 4.08. The Labute approximate surface area is 167 Å². The van der Waals surface area contributed by atoms with Gasteiger partial charge in [0.25, 0.3) is 0 Å². The van der Waals surface area contributed by atoms with E-state index < -0.39 is 17.1 Å². The molecule has 152 valence electrons. The predicted molar refractivity (Wildman–Crippen MR) is 106 cm³/mol. The minimum Gasteiger partial charge on any atom is -0.493 e. The van der Waals surface area contributed by atoms with Gasteiger partial charge in [0.1, 0.15) is 0 Å². The maximum absolute atomic E-state index is 13.0. The van der Waals surface area contributed by atoms with E-state index >= 15 is 0 Å². The predicted octanol–water partition coefficient (Wildman–Crippen LogP) is 2.85. The number of nitrogens with zero attached hydrogens (tertiary/aromatic N) is 1. The van der Waals surface area contributed by atoms with Gasteiger partial charge in [-0.2, -0.15) is 0 Å². The lowest BCUT2D eigenvalue weighted by atomic mass is 9.52. The number of ether oxygens (including phenoxy) is 2. The molecule has 0 radical (unpaired) electrons. The third-order valence-electron chi connectivity index (χ3n) is 7.98. The lowest BCUT2D eigenvalue weighted by Gasteiger charge is -2.59. The molecule has 1 aromatic carbocycles. The standard InChI is InChI=1S/C23H31NO4/c1-4-16-7-8-18(27-3)20-19(16)22-11-12-24(13-15-5-6-15)14(2)23(22,26)10-9-17(25)21(22)28-20/h7-8,14-15,21,26H,4-6,9-13H2,1-3H3/t14-,21+,22+,23-/m1/s1. The summed E-state index contributed by atoms with van der Waals surface area (Å²) in [6.07, 6.45) is 4.48. The van der Waals surface area contributed by atoms with Crippen molar-refractivity contribution in [2.24, 2.45) is 5.92 Å². The number of aryl methyl sites for hydroxylation is 1. The monoisotopic (exact) mass is 385 g/mol. The average Bonchev–Trinajstić information content (AvgIpc) is 3.45. The van der Waals surface area contributed by atoms with Crippen LogP contribution in [-0.2, 0) is 16.6 Å². The van der Waals surface area contributed by atoms with Crippen molar-refractivity contribution in [3.05, 3.63) is 23.3 Å². The Morgan fingerprint density at radius 2 is 2.11 bits per heavy atom. The second-order valence-electron chi connectivity index (χ2n) is 9.21. The van der Waals surface area contributed by atoms with Gasteiger partial charge < -0.3 is 14.6 Å². The smallest absolute Gasteiger partial charge is 0.174 e. The van der Waals surface area contributed by atoms with Crippen molar-refractivity contribution in [2.75, 3.05) is 20.2 Å². The van der Waals surface area contributed by atoms with Crippen LogP contribution >= 0.6 is 0 Å². The molecular weight excluding hydrogens is 354 g/mol. The summed E-state index contributed by atoms with van der Waals surface area (Å²) in [6, 6.07) is 4.02. The summed E-state index contributed by atoms with van der Waals surface area (Å²) in [7, 11) is 1.64. The molecule has 5 rings (SSSR count). The van der Waals surface area contributed by atoms with Crippen LogP contribution in [0.1, 0.15) is 57.1 Å². The molecule has 1 saturated heterocycles. The zero-order valence-electron chi connectivity index (χ0n) is 17.2. The molecule has 0 amide bonds. The third kappa shape index (κ3) is 2.23. The molecule has 1 aromatic rings. The van der Waals surface area contributed by atoms with Gasteiger partial charge >= 0.3 is 0 Å². The maximum atomic E-state index is 13.0. The van der Waals surface area contributed by atoms with E-state index in [0.717, 1.165) is 43.0 Å². The Hall–Kier alpha value is -1.59. The Balaban J connectivity index is 1.68. The number of fused-ring (bicyclic) bond motifs is 1. The van der Waals surface area contributed by atoms with Gasteiger partial charge in [-0.15, -0.1) is 0 Å². The van der Waals surface area contributed by atoms with Gasteiger partial charge in [0.15, 0.2) is 23.4 Å². The minimum atomic E-state index is -0.972. The fourth-order valence-electron chi connectivity index (χ4n) is 6.22. The van der Waals surface area contributed by atoms with Gasteiger partial charge in [0.05, 0.1) is 18.1 Å². The molecule has 4 atom stereocenters. The zero-order valence-corrected chi connectivity index (χ0v) is 17.2. The van der Waals surface area contributed by atoms with Crippen molar-refractivity contribution < 1.29 is 19.4 Å². The number of methoxy groups -OCH3 is 1. The minimum absolute atomic E-state index is 0.00269. The molecule has 2 heterocycles. The number of carbonyl (C=O) groups is 1. The van der Waals surface area contributed by atoms with Crippen LogP contribution in [0.5, 0.6) is 11.5 Å². The van der Waals surface area contributed by atoms with E-state index in [0.29, 0.717) is 24.3 Å². The van der Waals surface area contributed by atoms with Crippen molar-refractivity contribution in [1.82, 2.24) is 4.90 Å². The first-order valence-corrected chi connectivity index (χ1v) is 10.8. The topological polar surface area (TPSA) is 59.0 Å². The summed E-state index contributed by atoms with van der Waals surface area (Å²) < 4.78 is 11.9. The molecule has 4 aliphatic rings. The van der Waals surface area contributed by atoms with Gasteiger partial charge in [-0.05, 0) is 63.1 Å². The number of benzene rings is 1. The van der Waals surface area contributed by atoms with Gasteiger partial charge in [0.2, 0.25) is 0 Å². The lowest BCUT2D eigenvalue weighted by molar-refractivity contribution is -0.181. The fraction of sp³-hybridized carbons (Fsp3) is 0.696. The number of Topliss-reactive ketones (excluding diaryl/α,β-unsaturated/α-hetero) is 1. The van der Waals surface area contributed by atoms with E-state index in [-0.39, 0.29) is 11.8 Å². The van der Waals surface area contributed by atoms with Crippen LogP contribution in [0, 0.1) is 5.92 Å². The molecule has 5 heteroatoms. The highest BCUT2D eigenvalue weighted by molar-refractivity contribution is 5.89. The molecule has 2 aliphatic carbocycles. The molecule has 3 fully saturated rings. The molecule has 0 bridgehead atoms. The van der Waals surface area contributed by atoms with E-state index in [1.807, 2.05) is 6.07 Å². The highest BCUT2D eigenvalue weighted by Gasteiger charge is 2.70. The number of likely N-dealkylation sites (tertiary alicyclic amines) is 1. The summed E-state index contributed by atoms with van der Waals surface area (Å²) in [6.45, 7) is 6.24. The number of hydrogen-bond acceptors (Lipinski definition) is 5. The van der Waals surface area contributed by atoms with Crippen LogP contribution in [0.3, 0.4) is 0 Å². The molecule has 1 spiro atoms. The number of hydrogen-bond donors (Lipinski definition) is 1. The van der Waals surface area contributed by atoms with E-state index in [9.17, 15) is 9.90 Å². The van der Waals surface area contributed by atoms with Gasteiger partial charge in [0, 0.05) is 24.6 Å². The summed E-state index contributed by atoms with van der Waals surface area (Å²) in [5, 5.41) is 12.3. The van der Waals surface area contributed by atoms with Crippen LogP contribution in [0.2, 0.25) is 0 Å². The van der Waals surface area contributed by atoms with Crippen molar-refractivity contribution in [3.8, 4) is 11.5 Å². The Morgan fingerprint density at radius 3 is 2.79 bits per heavy atom. The second kappa shape index (κ2) is 6.20. The molecule has 2 saturated carbocycles. The number of carbonyl (C=O) groups excluding carboxylic acids is 1. The highest BCUT2D eigenvalue weighted by atomic mass is 16.5. The Morgan fingerprint density at radius 1 is 1.32 bits per heavy atom. The first-order chi connectivity index (χ1) is 13.5. The third-order valence-corrected chi connectivity index (χ3v) is 7.98. The quantitative estimate of drug-likeness (QED) is 0.864. The number of aliphatic hydroxyl groups is 1. The number of rotatable bonds is 4. The number of piperidine rings is 1. The van der Waals surface area contributed by atoms with Crippen LogP contribution in [0.15, 0.2) is 12.1 Å². The Bertz CT molecular complexity index is 819. The number of ketones is 1. The van der Waals surface area contributed by atoms with Crippen LogP contribution in [0.4, 0.5) is 0 Å². The average molecular weight is 386 g/mol. The van der Waals surface area contributed by atoms with E-state index in [2.05, 4.69) is 24.8 Å². The summed E-state index contributed by atoms with van der Waals surface area (Å²) >= 11 is 0. The van der Waals surface area contributed by atoms with E-state index in [1.54, 1.807) is 7.11 Å². The van der Waals surface area contributed by atoms with Crippen LogP contribution in [-0.4, -0.2) is 53.7 Å². The highest BCUT2D eigenvalue weighted by Crippen LogP contribution is 2.62. The molecule has 0 aromatic heterocycles. The molecule has 28 heavy (non-hydrogen) atoms. The summed E-state index contributed by atoms with van der Waals surface area (Å²) in [5.41, 5.74) is 0.555. The summed E-state index contributed by atoms with van der Waals surface area (Å²) in [5.74, 6) is 2.25. The normalized spacial score (nSPS) is 37.1. The van der Waals surface area contributed by atoms with E-state index in [4.69, 9.17) is 9.47 Å². The van der Waals surface area contributed by atoms with Crippen molar-refractivity contribution in [2.45, 2.75) is 75.5 Å². The zero-order chi connectivity index (χ0) is 19.7. The molecule has 2 aliphatic heterocycles. The van der Waals surface area contributed by atoms with Crippen molar-refractivity contribution in [1.29, 1.82) is 0 Å². The lowest BCUT2D eigenvalue weighted by Crippen LogP contribution is -2.74. The van der Waals surface area contributed by atoms with E-state index in [1.165, 1.54) is 12.8 Å². The van der Waals surface area contributed by atoms with Gasteiger partial charge in [-0.25, -0.2) is 0 Å². The largest absolute Gasteiger partial charge is 0.493 e. The fourth-order valence-corrected chi connectivity index (χ4v) is 6.22. The van der Waals surface area contributed by atoms with Crippen LogP contribution in [0.25, 0.3) is 0 Å². The molecular formula is C23H31NO4. The van der Waals surface area contributed by atoms with Crippen molar-refractivity contribution in [3.63, 3.8) is 0 Å². The molecule has 0 unspecified atom stereocenters. The SMILES string of the molecule is CCc1ccc(OC)c2c1[C@]13CCN(CC4CC4)[C@H](C)[C@]1(O)CCC(=O)[C@@H]3O2. The maximum Gasteiger partial charge on any atom is 0.174 e. The first kappa shape index (κ1) is 18.4. The second-order valence-corrected chi connectivity index (χ2v) is 9.21. The molecule has 5 nitrogen and oxygen atoms in total. The van der Waals surface area contributed by atoms with Crippen molar-refractivity contribution >= 4 is 5.78 Å². The first-order valence-electron chi connectivity index (χ1n) is 10.8. The van der Waals surface area contributed by atoms with Crippen LogP contribution < -0.4 is 9.47 Å². The summed E-state index contributed by atoms with van der Waals surface area (Å²) in [4.78, 5) is 15.5. The van der Waals surface area contributed by atoms with Gasteiger partial charge in [-0.1, -0.05) is 13.0 Å². The molecule has 1 N–H and O–H groups in total. The van der Waals surface area contributed by atoms with Gasteiger partial charge in [-0.3, -0.25) is 9.69 Å².